The number of hydrogen-bond donors (Lipinski definition) is 0. The molecule has 2 fully saturated rings. The number of rotatable bonds is 4. The second kappa shape index (κ2) is 8.27. The number of benzene rings is 2. The molecule has 0 bridgehead atoms. The lowest BCUT2D eigenvalue weighted by molar-refractivity contribution is -0.139. The molecule has 2 saturated heterocycles. The van der Waals surface area contributed by atoms with Crippen LogP contribution in [0.1, 0.15) is 19.3 Å². The molecule has 168 valence electrons. The van der Waals surface area contributed by atoms with Crippen LogP contribution < -0.4 is 14.5 Å². The molecular weight excluding hydrogens is 427 g/mol. The summed E-state index contributed by atoms with van der Waals surface area (Å²) in [6.07, 6.45) is 4.91. The quantitative estimate of drug-likeness (QED) is 0.310. The molecule has 8 heteroatoms. The zero-order chi connectivity index (χ0) is 23.1. The SMILES string of the molecule is O=C(Oc1cccc(N2C(=O)[C@@H]3CC=CC[C@H]3C2=O)c1)[C@H]1CC(=O)N(c2ccc(F)cc2)C1. The number of allylic oxidation sites excluding steroid dienone is 2. The summed E-state index contributed by atoms with van der Waals surface area (Å²) in [4.78, 5) is 53.4. The van der Waals surface area contributed by atoms with Crippen LogP contribution in [0.3, 0.4) is 0 Å². The minimum absolute atomic E-state index is 0.0185. The van der Waals surface area contributed by atoms with Crippen LogP contribution in [0.5, 0.6) is 5.75 Å². The van der Waals surface area contributed by atoms with E-state index in [1.165, 1.54) is 40.1 Å². The van der Waals surface area contributed by atoms with E-state index < -0.39 is 17.7 Å². The van der Waals surface area contributed by atoms with Gasteiger partial charge in [-0.3, -0.25) is 19.2 Å². The maximum absolute atomic E-state index is 13.2. The normalized spacial score (nSPS) is 24.4. The Bertz CT molecular complexity index is 1150. The van der Waals surface area contributed by atoms with Gasteiger partial charge in [0.2, 0.25) is 17.7 Å². The van der Waals surface area contributed by atoms with Crippen molar-refractivity contribution >= 4 is 35.1 Å². The van der Waals surface area contributed by atoms with Crippen LogP contribution in [-0.2, 0) is 19.2 Å². The van der Waals surface area contributed by atoms with Gasteiger partial charge in [-0.15, -0.1) is 0 Å². The molecular formula is C25H21FN2O5. The number of carbonyl (C=O) groups excluding carboxylic acids is 4. The molecule has 3 atom stereocenters. The van der Waals surface area contributed by atoms with Crippen LogP contribution in [0.4, 0.5) is 15.8 Å². The fourth-order valence-electron chi connectivity index (χ4n) is 4.68. The van der Waals surface area contributed by atoms with Gasteiger partial charge in [0, 0.05) is 24.7 Å². The van der Waals surface area contributed by atoms with E-state index in [4.69, 9.17) is 4.74 Å². The van der Waals surface area contributed by atoms with Crippen molar-refractivity contribution in [3.8, 4) is 5.75 Å². The standard InChI is InChI=1S/C25H21FN2O5/c26-16-8-10-17(11-9-16)27-14-15(12-22(27)29)25(32)33-19-5-3-4-18(13-19)28-23(30)20-6-1-2-7-21(20)24(28)31/h1-5,8-11,13,15,20-21H,6-7,12,14H2/t15-,20+,21+/m0/s1. The molecule has 5 rings (SSSR count). The molecule has 2 aliphatic heterocycles. The molecule has 0 spiro atoms. The number of anilines is 2. The van der Waals surface area contributed by atoms with Gasteiger partial charge in [0.1, 0.15) is 11.6 Å². The number of esters is 1. The zero-order valence-electron chi connectivity index (χ0n) is 17.6. The van der Waals surface area contributed by atoms with E-state index in [2.05, 4.69) is 0 Å². The van der Waals surface area contributed by atoms with Gasteiger partial charge in [-0.1, -0.05) is 18.2 Å². The molecule has 0 radical (unpaired) electrons. The Morgan fingerprint density at radius 2 is 1.58 bits per heavy atom. The molecule has 0 aromatic heterocycles. The Balaban J connectivity index is 1.29. The molecule has 0 unspecified atom stereocenters. The van der Waals surface area contributed by atoms with Crippen molar-refractivity contribution in [2.45, 2.75) is 19.3 Å². The summed E-state index contributed by atoms with van der Waals surface area (Å²) in [7, 11) is 0. The molecule has 2 aromatic carbocycles. The Hall–Kier alpha value is -3.81. The van der Waals surface area contributed by atoms with Gasteiger partial charge in [0.15, 0.2) is 0 Å². The lowest BCUT2D eigenvalue weighted by Gasteiger charge is -2.17. The van der Waals surface area contributed by atoms with Crippen LogP contribution in [0.2, 0.25) is 0 Å². The minimum Gasteiger partial charge on any atom is -0.426 e. The second-order valence-electron chi connectivity index (χ2n) is 8.47. The lowest BCUT2D eigenvalue weighted by atomic mass is 9.85. The third-order valence-electron chi connectivity index (χ3n) is 6.40. The van der Waals surface area contributed by atoms with Crippen molar-refractivity contribution in [2.24, 2.45) is 17.8 Å². The average Bonchev–Trinajstić information content (AvgIpc) is 3.32. The Morgan fingerprint density at radius 3 is 2.24 bits per heavy atom. The molecule has 7 nitrogen and oxygen atoms in total. The molecule has 2 heterocycles. The van der Waals surface area contributed by atoms with Gasteiger partial charge >= 0.3 is 5.97 Å². The van der Waals surface area contributed by atoms with Gasteiger partial charge in [-0.25, -0.2) is 9.29 Å². The highest BCUT2D eigenvalue weighted by molar-refractivity contribution is 6.22. The Kier molecular flexibility index (Phi) is 5.28. The highest BCUT2D eigenvalue weighted by atomic mass is 19.1. The van der Waals surface area contributed by atoms with Crippen molar-refractivity contribution in [2.75, 3.05) is 16.3 Å². The summed E-state index contributed by atoms with van der Waals surface area (Å²) in [5.41, 5.74) is 0.876. The van der Waals surface area contributed by atoms with E-state index in [9.17, 15) is 23.6 Å². The third kappa shape index (κ3) is 3.82. The van der Waals surface area contributed by atoms with E-state index in [-0.39, 0.29) is 48.3 Å². The topological polar surface area (TPSA) is 84.0 Å². The number of carbonyl (C=O) groups is 4. The number of nitrogens with zero attached hydrogens (tertiary/aromatic N) is 2. The van der Waals surface area contributed by atoms with Crippen LogP contribution in [0, 0.1) is 23.6 Å². The molecule has 0 N–H and O–H groups in total. The summed E-state index contributed by atoms with van der Waals surface area (Å²) >= 11 is 0. The van der Waals surface area contributed by atoms with Gasteiger partial charge < -0.3 is 9.64 Å². The number of hydrogen-bond acceptors (Lipinski definition) is 5. The molecule has 0 saturated carbocycles. The summed E-state index contributed by atoms with van der Waals surface area (Å²) in [5, 5.41) is 0. The van der Waals surface area contributed by atoms with Crippen LogP contribution >= 0.6 is 0 Å². The number of fused-ring (bicyclic) bond motifs is 1. The molecule has 33 heavy (non-hydrogen) atoms. The van der Waals surface area contributed by atoms with Gasteiger partial charge in [-0.05, 0) is 49.2 Å². The average molecular weight is 448 g/mol. The summed E-state index contributed by atoms with van der Waals surface area (Å²) < 4.78 is 18.7. The van der Waals surface area contributed by atoms with E-state index in [0.717, 1.165) is 0 Å². The van der Waals surface area contributed by atoms with Crippen LogP contribution in [0.15, 0.2) is 60.7 Å². The summed E-state index contributed by atoms with van der Waals surface area (Å²) in [6.45, 7) is 0.127. The van der Waals surface area contributed by atoms with Gasteiger partial charge in [-0.2, -0.15) is 0 Å². The van der Waals surface area contributed by atoms with Crippen molar-refractivity contribution < 1.29 is 28.3 Å². The highest BCUT2D eigenvalue weighted by Gasteiger charge is 2.48. The number of imide groups is 1. The van der Waals surface area contributed by atoms with Gasteiger partial charge in [0.25, 0.3) is 0 Å². The second-order valence-corrected chi connectivity index (χ2v) is 8.47. The Labute approximate surface area is 189 Å². The smallest absolute Gasteiger partial charge is 0.316 e. The first-order valence-electron chi connectivity index (χ1n) is 10.8. The first-order valence-corrected chi connectivity index (χ1v) is 10.8. The Morgan fingerprint density at radius 1 is 0.909 bits per heavy atom. The number of halogens is 1. The number of ether oxygens (including phenoxy) is 1. The summed E-state index contributed by atoms with van der Waals surface area (Å²) in [6, 6.07) is 11.8. The fourth-order valence-corrected chi connectivity index (χ4v) is 4.68. The monoisotopic (exact) mass is 448 g/mol. The number of amides is 3. The summed E-state index contributed by atoms with van der Waals surface area (Å²) in [5.74, 6) is -2.92. The first-order chi connectivity index (χ1) is 15.9. The predicted octanol–water partition coefficient (Wildman–Crippen LogP) is 3.24. The first kappa shape index (κ1) is 21.1. The van der Waals surface area contributed by atoms with E-state index >= 15 is 0 Å². The van der Waals surface area contributed by atoms with E-state index in [0.29, 0.717) is 24.2 Å². The molecule has 2 aromatic rings. The molecule has 1 aliphatic carbocycles. The van der Waals surface area contributed by atoms with Crippen LogP contribution in [0.25, 0.3) is 0 Å². The largest absolute Gasteiger partial charge is 0.426 e. The lowest BCUT2D eigenvalue weighted by Crippen LogP contribution is -2.31. The maximum atomic E-state index is 13.2. The van der Waals surface area contributed by atoms with Crippen molar-refractivity contribution in [3.63, 3.8) is 0 Å². The van der Waals surface area contributed by atoms with Crippen LogP contribution in [-0.4, -0.2) is 30.2 Å². The highest BCUT2D eigenvalue weighted by Crippen LogP contribution is 2.38. The van der Waals surface area contributed by atoms with E-state index in [1.54, 1.807) is 18.2 Å². The van der Waals surface area contributed by atoms with E-state index in [1.807, 2.05) is 12.2 Å². The predicted molar refractivity (Wildman–Crippen MR) is 117 cm³/mol. The molecule has 3 amide bonds. The third-order valence-corrected chi connectivity index (χ3v) is 6.40. The maximum Gasteiger partial charge on any atom is 0.316 e. The minimum atomic E-state index is -0.685. The van der Waals surface area contributed by atoms with Crippen molar-refractivity contribution in [1.82, 2.24) is 0 Å². The zero-order valence-corrected chi connectivity index (χ0v) is 17.6. The van der Waals surface area contributed by atoms with Crippen molar-refractivity contribution in [3.05, 3.63) is 66.5 Å². The van der Waals surface area contributed by atoms with Gasteiger partial charge in [0.05, 0.1) is 23.4 Å². The fraction of sp³-hybridized carbons (Fsp3) is 0.280. The molecule has 3 aliphatic rings. The van der Waals surface area contributed by atoms with Crippen molar-refractivity contribution in [1.29, 1.82) is 0 Å².